The quantitative estimate of drug-likeness (QED) is 0.836. The average Bonchev–Trinajstić information content (AvgIpc) is 3.02. The Morgan fingerprint density at radius 1 is 1.00 bits per heavy atom. The van der Waals surface area contributed by atoms with Crippen LogP contribution in [0.15, 0.2) is 54.1 Å². The summed E-state index contributed by atoms with van der Waals surface area (Å²) in [6, 6.07) is 12.0. The van der Waals surface area contributed by atoms with E-state index < -0.39 is 0 Å². The van der Waals surface area contributed by atoms with Gasteiger partial charge in [0.05, 0.1) is 11.3 Å². The summed E-state index contributed by atoms with van der Waals surface area (Å²) >= 11 is 0. The number of anilines is 2. The number of para-hydroxylation sites is 1. The van der Waals surface area contributed by atoms with Crippen LogP contribution in [0.1, 0.15) is 24.2 Å². The number of fused-ring (bicyclic) bond motifs is 1. The number of hydrogen-bond donors (Lipinski definition) is 2. The Labute approximate surface area is 145 Å². The smallest absolute Gasteiger partial charge is 0.257 e. The van der Waals surface area contributed by atoms with Crippen molar-refractivity contribution in [3.63, 3.8) is 0 Å². The van der Waals surface area contributed by atoms with Crippen LogP contribution in [0.2, 0.25) is 0 Å². The Kier molecular flexibility index (Phi) is 4.70. The van der Waals surface area contributed by atoms with Crippen LogP contribution in [-0.2, 0) is 4.79 Å². The fourth-order valence-electron chi connectivity index (χ4n) is 2.39. The fourth-order valence-corrected chi connectivity index (χ4v) is 2.39. The van der Waals surface area contributed by atoms with Crippen molar-refractivity contribution in [2.75, 3.05) is 17.4 Å². The summed E-state index contributed by atoms with van der Waals surface area (Å²) in [6.07, 6.45) is 1.48. The second-order valence-corrected chi connectivity index (χ2v) is 5.78. The molecule has 3 rings (SSSR count). The highest BCUT2D eigenvalue weighted by atomic mass is 16.7. The number of rotatable bonds is 4. The van der Waals surface area contributed by atoms with E-state index in [0.717, 1.165) is 5.57 Å². The third-order valence-corrected chi connectivity index (χ3v) is 3.48. The molecule has 128 valence electrons. The van der Waals surface area contributed by atoms with Crippen molar-refractivity contribution in [1.82, 2.24) is 0 Å². The lowest BCUT2D eigenvalue weighted by Crippen LogP contribution is -2.17. The molecule has 0 radical (unpaired) electrons. The van der Waals surface area contributed by atoms with Gasteiger partial charge in [-0.1, -0.05) is 17.7 Å². The molecule has 0 atom stereocenters. The van der Waals surface area contributed by atoms with Crippen LogP contribution in [0.25, 0.3) is 0 Å². The van der Waals surface area contributed by atoms with Gasteiger partial charge in [-0.05, 0) is 38.1 Å². The van der Waals surface area contributed by atoms with Crippen molar-refractivity contribution >= 4 is 23.2 Å². The van der Waals surface area contributed by atoms with Crippen LogP contribution in [-0.4, -0.2) is 18.6 Å². The topological polar surface area (TPSA) is 76.7 Å². The third kappa shape index (κ3) is 3.98. The lowest BCUT2D eigenvalue weighted by atomic mass is 10.1. The van der Waals surface area contributed by atoms with Crippen molar-refractivity contribution in [2.45, 2.75) is 13.8 Å². The van der Waals surface area contributed by atoms with E-state index in [0.29, 0.717) is 28.4 Å². The lowest BCUT2D eigenvalue weighted by Gasteiger charge is -2.11. The maximum atomic E-state index is 12.6. The molecule has 2 aromatic carbocycles. The Balaban J connectivity index is 1.78. The molecule has 25 heavy (non-hydrogen) atoms. The van der Waals surface area contributed by atoms with Gasteiger partial charge in [-0.25, -0.2) is 0 Å². The Morgan fingerprint density at radius 2 is 1.76 bits per heavy atom. The molecule has 1 heterocycles. The molecule has 0 unspecified atom stereocenters. The molecule has 6 nitrogen and oxygen atoms in total. The second-order valence-electron chi connectivity index (χ2n) is 5.78. The summed E-state index contributed by atoms with van der Waals surface area (Å²) in [6.45, 7) is 3.83. The maximum absolute atomic E-state index is 12.6. The Bertz CT molecular complexity index is 854. The van der Waals surface area contributed by atoms with Gasteiger partial charge in [-0.15, -0.1) is 0 Å². The number of benzene rings is 2. The largest absolute Gasteiger partial charge is 0.454 e. The standard InChI is InChI=1S/C19H18N2O4/c1-12(2)9-18(22)21-15-6-4-3-5-14(15)19(23)20-13-7-8-16-17(10-13)25-11-24-16/h3-10H,11H2,1-2H3,(H,20,23)(H,21,22). The predicted molar refractivity (Wildman–Crippen MR) is 95.0 cm³/mol. The van der Waals surface area contributed by atoms with Gasteiger partial charge >= 0.3 is 0 Å². The summed E-state index contributed by atoms with van der Waals surface area (Å²) < 4.78 is 10.6. The van der Waals surface area contributed by atoms with Crippen molar-refractivity contribution in [3.8, 4) is 11.5 Å². The first-order chi connectivity index (χ1) is 12.0. The van der Waals surface area contributed by atoms with Crippen LogP contribution in [0.4, 0.5) is 11.4 Å². The number of allylic oxidation sites excluding steroid dienone is 1. The van der Waals surface area contributed by atoms with E-state index in [1.807, 2.05) is 13.8 Å². The predicted octanol–water partition coefficient (Wildman–Crippen LogP) is 3.57. The van der Waals surface area contributed by atoms with Gasteiger partial charge in [0.15, 0.2) is 11.5 Å². The molecule has 0 bridgehead atoms. The molecule has 0 fully saturated rings. The number of nitrogens with one attached hydrogen (secondary N) is 2. The van der Waals surface area contributed by atoms with Crippen LogP contribution in [0.5, 0.6) is 11.5 Å². The molecule has 2 N–H and O–H groups in total. The minimum atomic E-state index is -0.327. The van der Waals surface area contributed by atoms with Crippen LogP contribution in [0.3, 0.4) is 0 Å². The summed E-state index contributed by atoms with van der Waals surface area (Å²) in [5.74, 6) is 0.630. The minimum absolute atomic E-state index is 0.173. The second kappa shape index (κ2) is 7.09. The van der Waals surface area contributed by atoms with E-state index in [-0.39, 0.29) is 18.6 Å². The normalized spacial score (nSPS) is 11.6. The first-order valence-electron chi connectivity index (χ1n) is 7.79. The number of amides is 2. The lowest BCUT2D eigenvalue weighted by molar-refractivity contribution is -0.111. The molecule has 1 aliphatic heterocycles. The first kappa shape index (κ1) is 16.6. The van der Waals surface area contributed by atoms with Gasteiger partial charge in [0.1, 0.15) is 0 Å². The fraction of sp³-hybridized carbons (Fsp3) is 0.158. The zero-order valence-corrected chi connectivity index (χ0v) is 14.0. The highest BCUT2D eigenvalue weighted by molar-refractivity contribution is 6.11. The molecule has 0 saturated carbocycles. The SMILES string of the molecule is CC(C)=CC(=O)Nc1ccccc1C(=O)Nc1ccc2c(c1)OCO2. The van der Waals surface area contributed by atoms with E-state index in [4.69, 9.17) is 9.47 Å². The van der Waals surface area contributed by atoms with Crippen LogP contribution >= 0.6 is 0 Å². The highest BCUT2D eigenvalue weighted by Gasteiger charge is 2.16. The molecule has 0 aliphatic carbocycles. The molecular formula is C19H18N2O4. The van der Waals surface area contributed by atoms with E-state index in [1.165, 1.54) is 6.08 Å². The van der Waals surface area contributed by atoms with Gasteiger partial charge in [-0.2, -0.15) is 0 Å². The zero-order valence-electron chi connectivity index (χ0n) is 14.0. The van der Waals surface area contributed by atoms with Crippen molar-refractivity contribution in [3.05, 3.63) is 59.7 Å². The minimum Gasteiger partial charge on any atom is -0.454 e. The Hall–Kier alpha value is -3.28. The molecule has 0 saturated heterocycles. The van der Waals surface area contributed by atoms with E-state index in [1.54, 1.807) is 42.5 Å². The summed E-state index contributed by atoms with van der Waals surface area (Å²) in [5, 5.41) is 5.53. The van der Waals surface area contributed by atoms with Crippen LogP contribution < -0.4 is 20.1 Å². The number of ether oxygens (including phenoxy) is 2. The van der Waals surface area contributed by atoms with Crippen molar-refractivity contribution in [2.24, 2.45) is 0 Å². The molecule has 1 aliphatic rings. The van der Waals surface area contributed by atoms with Crippen LogP contribution in [0, 0.1) is 0 Å². The number of carbonyl (C=O) groups is 2. The summed E-state index contributed by atoms with van der Waals surface area (Å²) in [7, 11) is 0. The monoisotopic (exact) mass is 338 g/mol. The van der Waals surface area contributed by atoms with Gasteiger partial charge in [0.2, 0.25) is 12.7 Å². The summed E-state index contributed by atoms with van der Waals surface area (Å²) in [5.41, 5.74) is 2.28. The van der Waals surface area contributed by atoms with Gasteiger partial charge in [0.25, 0.3) is 5.91 Å². The van der Waals surface area contributed by atoms with E-state index in [2.05, 4.69) is 10.6 Å². The third-order valence-electron chi connectivity index (χ3n) is 3.48. The zero-order chi connectivity index (χ0) is 17.8. The molecular weight excluding hydrogens is 320 g/mol. The van der Waals surface area contributed by atoms with Crippen molar-refractivity contribution in [1.29, 1.82) is 0 Å². The molecule has 2 amide bonds. The summed E-state index contributed by atoms with van der Waals surface area (Å²) in [4.78, 5) is 24.5. The van der Waals surface area contributed by atoms with E-state index >= 15 is 0 Å². The van der Waals surface area contributed by atoms with Gasteiger partial charge in [0, 0.05) is 17.8 Å². The first-order valence-corrected chi connectivity index (χ1v) is 7.79. The number of carbonyl (C=O) groups excluding carboxylic acids is 2. The molecule has 0 spiro atoms. The van der Waals surface area contributed by atoms with E-state index in [9.17, 15) is 9.59 Å². The van der Waals surface area contributed by atoms with Gasteiger partial charge in [-0.3, -0.25) is 9.59 Å². The molecule has 6 heteroatoms. The maximum Gasteiger partial charge on any atom is 0.257 e. The number of hydrogen-bond acceptors (Lipinski definition) is 4. The average molecular weight is 338 g/mol. The Morgan fingerprint density at radius 3 is 2.56 bits per heavy atom. The molecule has 0 aromatic heterocycles. The highest BCUT2D eigenvalue weighted by Crippen LogP contribution is 2.34. The van der Waals surface area contributed by atoms with Gasteiger partial charge < -0.3 is 20.1 Å². The van der Waals surface area contributed by atoms with Crippen molar-refractivity contribution < 1.29 is 19.1 Å². The molecule has 2 aromatic rings.